The maximum absolute atomic E-state index is 13.9. The number of hydrogen-bond donors (Lipinski definition) is 1. The molecule has 1 amide bonds. The molecule has 146 valence electrons. The minimum absolute atomic E-state index is 0.204. The lowest BCUT2D eigenvalue weighted by molar-refractivity contribution is -0.120. The van der Waals surface area contributed by atoms with E-state index in [9.17, 15) is 22.0 Å². The smallest absolute Gasteiger partial charge is 0.232 e. The number of nitrogens with one attached hydrogen (secondary N) is 1. The average Bonchev–Trinajstić information content (AvgIpc) is 2.57. The molecule has 1 aromatic rings. The second kappa shape index (κ2) is 9.24. The molecule has 26 heavy (non-hydrogen) atoms. The third-order valence-electron chi connectivity index (χ3n) is 3.98. The summed E-state index contributed by atoms with van der Waals surface area (Å²) in [5.41, 5.74) is -0.670. The van der Waals surface area contributed by atoms with Crippen molar-refractivity contribution in [1.29, 1.82) is 0 Å². The third kappa shape index (κ3) is 5.89. The van der Waals surface area contributed by atoms with E-state index in [0.29, 0.717) is 30.6 Å². The lowest BCUT2D eigenvalue weighted by Gasteiger charge is -2.26. The number of benzene rings is 1. The lowest BCUT2D eigenvalue weighted by atomic mass is 10.2. The Morgan fingerprint density at radius 3 is 2.46 bits per heavy atom. The van der Waals surface area contributed by atoms with Crippen LogP contribution in [0, 0.1) is 11.6 Å². The van der Waals surface area contributed by atoms with Crippen LogP contribution in [0.15, 0.2) is 18.2 Å². The molecule has 0 spiro atoms. The second-order valence-electron chi connectivity index (χ2n) is 5.96. The Hall–Kier alpha value is -1.78. The van der Waals surface area contributed by atoms with E-state index in [1.54, 1.807) is 0 Å². The molecule has 10 heteroatoms. The predicted molar refractivity (Wildman–Crippen MR) is 93.4 cm³/mol. The van der Waals surface area contributed by atoms with Crippen molar-refractivity contribution in [3.8, 4) is 0 Å². The van der Waals surface area contributed by atoms with Crippen LogP contribution in [-0.4, -0.2) is 71.4 Å². The molecule has 1 heterocycles. The minimum Gasteiger partial charge on any atom is -0.379 e. The standard InChI is InChI=1S/C16H23F2N3O4S/c1-26(23,24)21(16-13(17)3-2-4-14(16)18)7-5-15(22)19-6-8-20-9-11-25-12-10-20/h2-4H,5-12H2,1H3,(H,19,22). The summed E-state index contributed by atoms with van der Waals surface area (Å²) in [6, 6.07) is 3.09. The topological polar surface area (TPSA) is 79.0 Å². The highest BCUT2D eigenvalue weighted by Crippen LogP contribution is 2.25. The number of carbonyl (C=O) groups is 1. The van der Waals surface area contributed by atoms with Crippen molar-refractivity contribution < 1.29 is 26.7 Å². The number of ether oxygens (including phenoxy) is 1. The molecule has 0 unspecified atom stereocenters. The number of carbonyl (C=O) groups excluding carboxylic acids is 1. The summed E-state index contributed by atoms with van der Waals surface area (Å²) < 4.78 is 57.4. The van der Waals surface area contributed by atoms with Crippen LogP contribution >= 0.6 is 0 Å². The Kier molecular flexibility index (Phi) is 7.30. The van der Waals surface area contributed by atoms with Gasteiger partial charge >= 0.3 is 0 Å². The van der Waals surface area contributed by atoms with Crippen molar-refractivity contribution in [2.24, 2.45) is 0 Å². The van der Waals surface area contributed by atoms with Crippen molar-refractivity contribution in [3.05, 3.63) is 29.8 Å². The van der Waals surface area contributed by atoms with E-state index in [4.69, 9.17) is 4.74 Å². The van der Waals surface area contributed by atoms with Crippen LogP contribution in [0.3, 0.4) is 0 Å². The van der Waals surface area contributed by atoms with E-state index in [1.165, 1.54) is 0 Å². The molecule has 1 aromatic carbocycles. The van der Waals surface area contributed by atoms with Gasteiger partial charge < -0.3 is 10.1 Å². The quantitative estimate of drug-likeness (QED) is 0.701. The first-order chi connectivity index (χ1) is 12.3. The molecule has 1 saturated heterocycles. The summed E-state index contributed by atoms with van der Waals surface area (Å²) in [6.45, 7) is 3.63. The Bertz CT molecular complexity index is 704. The molecule has 0 radical (unpaired) electrons. The fourth-order valence-electron chi connectivity index (χ4n) is 2.64. The fraction of sp³-hybridized carbons (Fsp3) is 0.562. The van der Waals surface area contributed by atoms with Gasteiger partial charge in [-0.25, -0.2) is 17.2 Å². The van der Waals surface area contributed by atoms with Crippen LogP contribution in [0.4, 0.5) is 14.5 Å². The van der Waals surface area contributed by atoms with Gasteiger partial charge in [0, 0.05) is 39.1 Å². The van der Waals surface area contributed by atoms with Crippen molar-refractivity contribution in [2.45, 2.75) is 6.42 Å². The normalized spacial score (nSPS) is 15.7. The fourth-order valence-corrected chi connectivity index (χ4v) is 3.57. The van der Waals surface area contributed by atoms with Gasteiger partial charge in [-0.2, -0.15) is 0 Å². The molecule has 7 nitrogen and oxygen atoms in total. The minimum atomic E-state index is -3.95. The predicted octanol–water partition coefficient (Wildman–Crippen LogP) is 0.569. The van der Waals surface area contributed by atoms with Gasteiger partial charge in [-0.05, 0) is 12.1 Å². The highest BCUT2D eigenvalue weighted by molar-refractivity contribution is 7.92. The Balaban J connectivity index is 1.90. The molecular formula is C16H23F2N3O4S. The Morgan fingerprint density at radius 1 is 1.27 bits per heavy atom. The zero-order valence-electron chi connectivity index (χ0n) is 14.6. The molecule has 1 N–H and O–H groups in total. The number of sulfonamides is 1. The maximum Gasteiger partial charge on any atom is 0.232 e. The molecular weight excluding hydrogens is 368 g/mol. The SMILES string of the molecule is CS(=O)(=O)N(CCC(=O)NCCN1CCOCC1)c1c(F)cccc1F. The van der Waals surface area contributed by atoms with E-state index >= 15 is 0 Å². The molecule has 1 aliphatic rings. The summed E-state index contributed by atoms with van der Waals surface area (Å²) in [4.78, 5) is 14.1. The summed E-state index contributed by atoms with van der Waals surface area (Å²) in [5, 5.41) is 2.69. The van der Waals surface area contributed by atoms with Crippen molar-refractivity contribution >= 4 is 21.6 Å². The van der Waals surface area contributed by atoms with E-state index < -0.39 is 27.3 Å². The van der Waals surface area contributed by atoms with Crippen LogP contribution < -0.4 is 9.62 Å². The van der Waals surface area contributed by atoms with Gasteiger partial charge in [0.25, 0.3) is 0 Å². The summed E-state index contributed by atoms with van der Waals surface area (Å²) in [7, 11) is -3.95. The summed E-state index contributed by atoms with van der Waals surface area (Å²) in [5.74, 6) is -2.38. The second-order valence-corrected chi connectivity index (χ2v) is 7.87. The molecule has 0 bridgehead atoms. The maximum atomic E-state index is 13.9. The van der Waals surface area contributed by atoms with Gasteiger partial charge in [-0.15, -0.1) is 0 Å². The first-order valence-electron chi connectivity index (χ1n) is 8.27. The lowest BCUT2D eigenvalue weighted by Crippen LogP contribution is -2.42. The molecule has 0 aromatic heterocycles. The summed E-state index contributed by atoms with van der Waals surface area (Å²) >= 11 is 0. The Morgan fingerprint density at radius 2 is 1.88 bits per heavy atom. The number of para-hydroxylation sites is 1. The first kappa shape index (κ1) is 20.5. The van der Waals surface area contributed by atoms with Crippen molar-refractivity contribution in [3.63, 3.8) is 0 Å². The van der Waals surface area contributed by atoms with Gasteiger partial charge in [0.1, 0.15) is 5.69 Å². The third-order valence-corrected chi connectivity index (χ3v) is 5.15. The van der Waals surface area contributed by atoms with Gasteiger partial charge in [0.15, 0.2) is 11.6 Å². The van der Waals surface area contributed by atoms with Gasteiger partial charge in [-0.1, -0.05) is 6.07 Å². The zero-order valence-corrected chi connectivity index (χ0v) is 15.4. The van der Waals surface area contributed by atoms with Crippen LogP contribution in [0.25, 0.3) is 0 Å². The zero-order chi connectivity index (χ0) is 19.2. The van der Waals surface area contributed by atoms with Crippen LogP contribution in [0.1, 0.15) is 6.42 Å². The Labute approximate surface area is 152 Å². The van der Waals surface area contributed by atoms with Crippen LogP contribution in [-0.2, 0) is 19.6 Å². The highest BCUT2D eigenvalue weighted by Gasteiger charge is 2.25. The van der Waals surface area contributed by atoms with Crippen LogP contribution in [0.5, 0.6) is 0 Å². The van der Waals surface area contributed by atoms with Gasteiger partial charge in [0.05, 0.1) is 19.5 Å². The van der Waals surface area contributed by atoms with Gasteiger partial charge in [0.2, 0.25) is 15.9 Å². The molecule has 0 saturated carbocycles. The number of anilines is 1. The number of morpholine rings is 1. The molecule has 1 aliphatic heterocycles. The highest BCUT2D eigenvalue weighted by atomic mass is 32.2. The number of rotatable bonds is 8. The monoisotopic (exact) mass is 391 g/mol. The summed E-state index contributed by atoms with van der Waals surface area (Å²) in [6.07, 6.45) is 0.638. The molecule has 0 atom stereocenters. The first-order valence-corrected chi connectivity index (χ1v) is 10.1. The van der Waals surface area contributed by atoms with Crippen molar-refractivity contribution in [1.82, 2.24) is 10.2 Å². The number of halogens is 2. The van der Waals surface area contributed by atoms with E-state index in [2.05, 4.69) is 10.2 Å². The molecule has 2 rings (SSSR count). The number of hydrogen-bond acceptors (Lipinski definition) is 5. The average molecular weight is 391 g/mol. The van der Waals surface area contributed by atoms with E-state index in [0.717, 1.165) is 37.5 Å². The molecule has 0 aliphatic carbocycles. The van der Waals surface area contributed by atoms with Gasteiger partial charge in [-0.3, -0.25) is 14.0 Å². The molecule has 1 fully saturated rings. The van der Waals surface area contributed by atoms with E-state index in [-0.39, 0.29) is 18.9 Å². The largest absolute Gasteiger partial charge is 0.379 e. The van der Waals surface area contributed by atoms with Crippen molar-refractivity contribution in [2.75, 3.05) is 56.5 Å². The number of nitrogens with zero attached hydrogens (tertiary/aromatic N) is 2. The van der Waals surface area contributed by atoms with Crippen LogP contribution in [0.2, 0.25) is 0 Å². The number of amides is 1. The van der Waals surface area contributed by atoms with E-state index in [1.807, 2.05) is 0 Å².